The van der Waals surface area contributed by atoms with E-state index in [0.717, 1.165) is 44.4 Å². The maximum Gasteiger partial charge on any atom is 0.166 e. The molecule has 1 aromatic rings. The molecule has 0 unspecified atom stereocenters. The van der Waals surface area contributed by atoms with Gasteiger partial charge >= 0.3 is 0 Å². The fourth-order valence-electron chi connectivity index (χ4n) is 2.35. The lowest BCUT2D eigenvalue weighted by molar-refractivity contribution is -0.906. The first-order valence-corrected chi connectivity index (χ1v) is 8.15. The predicted octanol–water partition coefficient (Wildman–Crippen LogP) is 0.780. The normalized spacial score (nSPS) is 17.2. The Morgan fingerprint density at radius 1 is 1.33 bits per heavy atom. The van der Waals surface area contributed by atoms with Crippen molar-refractivity contribution in [3.63, 3.8) is 0 Å². The van der Waals surface area contributed by atoms with Crippen molar-refractivity contribution in [1.29, 1.82) is 0 Å². The zero-order valence-electron chi connectivity index (χ0n) is 12.3. The van der Waals surface area contributed by atoms with Crippen molar-refractivity contribution >= 4 is 28.9 Å². The van der Waals surface area contributed by atoms with Crippen molar-refractivity contribution in [2.24, 2.45) is 0 Å². The van der Waals surface area contributed by atoms with Gasteiger partial charge in [0.2, 0.25) is 0 Å². The van der Waals surface area contributed by atoms with Crippen LogP contribution in [0.5, 0.6) is 0 Å². The molecule has 0 aromatic heterocycles. The van der Waals surface area contributed by atoms with Gasteiger partial charge in [0.15, 0.2) is 5.11 Å². The highest BCUT2D eigenvalue weighted by Gasteiger charge is 2.13. The molecule has 6 heteroatoms. The number of quaternary nitrogens is 1. The molecule has 1 heterocycles. The van der Waals surface area contributed by atoms with Crippen LogP contribution >= 0.6 is 23.8 Å². The minimum atomic E-state index is 0.165. The van der Waals surface area contributed by atoms with Crippen molar-refractivity contribution in [3.05, 3.63) is 34.9 Å². The van der Waals surface area contributed by atoms with Gasteiger partial charge in [0, 0.05) is 5.02 Å². The van der Waals surface area contributed by atoms with E-state index in [1.807, 2.05) is 24.3 Å². The summed E-state index contributed by atoms with van der Waals surface area (Å²) in [5.41, 5.74) is 1.17. The standard InChI is InChI=1S/C15H22ClN3OS/c1-12(13-2-4-14(16)5-3-13)18-15(21)17-6-7-19-8-10-20-11-9-19/h2-5,12H,6-11H2,1H3,(H2,17,18,21)/p+1/t12-/m1/s1. The number of halogens is 1. The Hall–Kier alpha value is -0.880. The molecule has 0 amide bonds. The molecule has 1 atom stereocenters. The molecule has 1 aliphatic heterocycles. The van der Waals surface area contributed by atoms with Gasteiger partial charge in [-0.25, -0.2) is 0 Å². The minimum Gasteiger partial charge on any atom is -0.370 e. The monoisotopic (exact) mass is 328 g/mol. The van der Waals surface area contributed by atoms with Crippen molar-refractivity contribution in [2.45, 2.75) is 13.0 Å². The Morgan fingerprint density at radius 2 is 2.00 bits per heavy atom. The first-order valence-electron chi connectivity index (χ1n) is 7.36. The number of hydrogen-bond acceptors (Lipinski definition) is 2. The van der Waals surface area contributed by atoms with Gasteiger partial charge in [-0.2, -0.15) is 0 Å². The highest BCUT2D eigenvalue weighted by Crippen LogP contribution is 2.15. The molecule has 1 fully saturated rings. The van der Waals surface area contributed by atoms with Crippen molar-refractivity contribution in [2.75, 3.05) is 39.4 Å². The quantitative estimate of drug-likeness (QED) is 0.698. The smallest absolute Gasteiger partial charge is 0.166 e. The molecule has 3 N–H and O–H groups in total. The third-order valence-corrected chi connectivity index (χ3v) is 4.20. The molecular formula is C15H23ClN3OS+. The van der Waals surface area contributed by atoms with E-state index in [9.17, 15) is 0 Å². The van der Waals surface area contributed by atoms with Crippen LogP contribution in [0, 0.1) is 0 Å². The lowest BCUT2D eigenvalue weighted by Gasteiger charge is -2.24. The molecule has 1 aliphatic rings. The number of morpholine rings is 1. The minimum absolute atomic E-state index is 0.165. The summed E-state index contributed by atoms with van der Waals surface area (Å²) in [6.07, 6.45) is 0. The van der Waals surface area contributed by atoms with Crippen LogP contribution in [0.4, 0.5) is 0 Å². The Bertz CT molecular complexity index is 449. The zero-order chi connectivity index (χ0) is 15.1. The van der Waals surface area contributed by atoms with E-state index in [-0.39, 0.29) is 6.04 Å². The Kier molecular flexibility index (Phi) is 6.70. The first-order chi connectivity index (χ1) is 10.1. The summed E-state index contributed by atoms with van der Waals surface area (Å²) in [5, 5.41) is 8.02. The van der Waals surface area contributed by atoms with Gasteiger partial charge in [0.1, 0.15) is 13.1 Å². The lowest BCUT2D eigenvalue weighted by atomic mass is 10.1. The van der Waals surface area contributed by atoms with Crippen LogP contribution in [0.25, 0.3) is 0 Å². The summed E-state index contributed by atoms with van der Waals surface area (Å²) >= 11 is 11.2. The van der Waals surface area contributed by atoms with Crippen molar-refractivity contribution < 1.29 is 9.64 Å². The molecule has 2 rings (SSSR count). The molecule has 0 bridgehead atoms. The number of ether oxygens (including phenoxy) is 1. The summed E-state index contributed by atoms with van der Waals surface area (Å²) in [4.78, 5) is 1.57. The highest BCUT2D eigenvalue weighted by atomic mass is 35.5. The van der Waals surface area contributed by atoms with E-state index >= 15 is 0 Å². The van der Waals surface area contributed by atoms with Crippen LogP contribution in [0.3, 0.4) is 0 Å². The Balaban J connectivity index is 1.67. The second-order valence-electron chi connectivity index (χ2n) is 5.29. The van der Waals surface area contributed by atoms with E-state index in [1.165, 1.54) is 5.56 Å². The molecule has 1 aromatic carbocycles. The molecule has 0 saturated carbocycles. The molecule has 21 heavy (non-hydrogen) atoms. The number of thiocarbonyl (C=S) groups is 1. The number of benzene rings is 1. The maximum atomic E-state index is 5.89. The van der Waals surface area contributed by atoms with E-state index in [2.05, 4.69) is 17.6 Å². The summed E-state index contributed by atoms with van der Waals surface area (Å²) in [6.45, 7) is 7.95. The van der Waals surface area contributed by atoms with Gasteiger partial charge in [-0.15, -0.1) is 0 Å². The first kappa shape index (κ1) is 16.5. The summed E-state index contributed by atoms with van der Waals surface area (Å²) in [5.74, 6) is 0. The average Bonchev–Trinajstić information content (AvgIpc) is 2.49. The molecule has 116 valence electrons. The van der Waals surface area contributed by atoms with Crippen LogP contribution in [-0.2, 0) is 4.74 Å². The SMILES string of the molecule is C[C@@H](NC(=S)NCC[NH+]1CCOCC1)c1ccc(Cl)cc1. The van der Waals surface area contributed by atoms with Crippen LogP contribution in [0.2, 0.25) is 5.02 Å². The molecular weight excluding hydrogens is 306 g/mol. The van der Waals surface area contributed by atoms with Gasteiger partial charge in [-0.3, -0.25) is 0 Å². The van der Waals surface area contributed by atoms with Crippen LogP contribution in [-0.4, -0.2) is 44.5 Å². The molecule has 1 saturated heterocycles. The second-order valence-corrected chi connectivity index (χ2v) is 6.13. The van der Waals surface area contributed by atoms with E-state index in [0.29, 0.717) is 5.11 Å². The molecule has 0 spiro atoms. The summed E-state index contributed by atoms with van der Waals surface area (Å²) in [7, 11) is 0. The fraction of sp³-hybridized carbons (Fsp3) is 0.533. The Morgan fingerprint density at radius 3 is 2.67 bits per heavy atom. The third kappa shape index (κ3) is 5.79. The van der Waals surface area contributed by atoms with E-state index in [4.69, 9.17) is 28.6 Å². The fourth-order valence-corrected chi connectivity index (χ4v) is 2.75. The van der Waals surface area contributed by atoms with Gasteiger partial charge in [-0.1, -0.05) is 23.7 Å². The zero-order valence-corrected chi connectivity index (χ0v) is 13.9. The highest BCUT2D eigenvalue weighted by molar-refractivity contribution is 7.80. The summed E-state index contributed by atoms with van der Waals surface area (Å²) < 4.78 is 5.35. The van der Waals surface area contributed by atoms with Gasteiger partial charge in [-0.05, 0) is 36.8 Å². The van der Waals surface area contributed by atoms with Crippen LogP contribution in [0.15, 0.2) is 24.3 Å². The molecule has 0 aliphatic carbocycles. The van der Waals surface area contributed by atoms with Gasteiger partial charge in [0.05, 0.1) is 32.3 Å². The van der Waals surface area contributed by atoms with Crippen molar-refractivity contribution in [1.82, 2.24) is 10.6 Å². The Labute approximate surface area is 136 Å². The van der Waals surface area contributed by atoms with Gasteiger partial charge < -0.3 is 20.3 Å². The largest absolute Gasteiger partial charge is 0.370 e. The lowest BCUT2D eigenvalue weighted by Crippen LogP contribution is -3.14. The van der Waals surface area contributed by atoms with Gasteiger partial charge in [0.25, 0.3) is 0 Å². The topological polar surface area (TPSA) is 37.7 Å². The number of nitrogens with one attached hydrogen (secondary N) is 3. The van der Waals surface area contributed by atoms with E-state index < -0.39 is 0 Å². The average molecular weight is 329 g/mol. The van der Waals surface area contributed by atoms with Crippen LogP contribution in [0.1, 0.15) is 18.5 Å². The molecule has 0 radical (unpaired) electrons. The summed E-state index contributed by atoms with van der Waals surface area (Å²) in [6, 6.07) is 7.99. The predicted molar refractivity (Wildman–Crippen MR) is 90.0 cm³/mol. The van der Waals surface area contributed by atoms with Crippen LogP contribution < -0.4 is 15.5 Å². The maximum absolute atomic E-state index is 5.89. The number of rotatable bonds is 5. The second kappa shape index (κ2) is 8.54. The van der Waals surface area contributed by atoms with Crippen molar-refractivity contribution in [3.8, 4) is 0 Å². The third-order valence-electron chi connectivity index (χ3n) is 3.68. The number of hydrogen-bond donors (Lipinski definition) is 3. The molecule has 4 nitrogen and oxygen atoms in total. The van der Waals surface area contributed by atoms with E-state index in [1.54, 1.807) is 4.90 Å².